The minimum absolute atomic E-state index is 0. The van der Waals surface area contributed by atoms with E-state index in [1.165, 1.54) is 0 Å². The van der Waals surface area contributed by atoms with E-state index in [0.29, 0.717) is 0 Å². The van der Waals surface area contributed by atoms with Crippen LogP contribution in [-0.2, 0) is 37.3 Å². The Balaban J connectivity index is -0.00000000500. The van der Waals surface area contributed by atoms with Gasteiger partial charge in [-0.25, -0.2) is 0 Å². The van der Waals surface area contributed by atoms with Gasteiger partial charge >= 0.3 is 0 Å². The van der Waals surface area contributed by atoms with E-state index in [1.807, 2.05) is 0 Å². The van der Waals surface area contributed by atoms with Crippen LogP contribution in [0.4, 0.5) is 0 Å². The van der Waals surface area contributed by atoms with E-state index in [0.717, 1.165) is 0 Å². The van der Waals surface area contributed by atoms with E-state index >= 15 is 0 Å². The molecule has 0 rings (SSSR count). The average Bonchev–Trinajstić information content (AvgIpc) is 1.00. The monoisotopic (exact) mass is 152 g/mol. The molecule has 0 amide bonds. The van der Waals surface area contributed by atoms with Crippen LogP contribution < -0.4 is 0 Å². The van der Waals surface area contributed by atoms with Crippen molar-refractivity contribution < 1.29 is 37.3 Å². The van der Waals surface area contributed by atoms with Crippen molar-refractivity contribution in [2.24, 2.45) is 0 Å². The first-order chi connectivity index (χ1) is 1.00. The van der Waals surface area contributed by atoms with E-state index in [2.05, 4.69) is 0 Å². The molecular weight excluding hydrogens is 148 g/mol. The first-order valence-electron chi connectivity index (χ1n) is 0.204. The molecule has 0 aromatic heterocycles. The topological polar surface area (TPSA) is 17.1 Å². The Hall–Kier alpha value is 1.20. The minimum Gasteiger partial charge on any atom is -0.358 e. The zero-order valence-corrected chi connectivity index (χ0v) is 6.32. The summed E-state index contributed by atoms with van der Waals surface area (Å²) in [6.07, 6.45) is 0. The molecule has 4 heavy (non-hydrogen) atoms. The van der Waals surface area contributed by atoms with Crippen molar-refractivity contribution in [3.05, 3.63) is 7.43 Å². The first kappa shape index (κ1) is 18.9. The normalized spacial score (nSPS) is 1.00. The van der Waals surface area contributed by atoms with Gasteiger partial charge in [-0.3, -0.25) is 4.57 Å². The molecule has 0 aliphatic carbocycles. The molecule has 0 saturated carbocycles. The maximum atomic E-state index is 8.06. The quantitative estimate of drug-likeness (QED) is 0.372. The summed E-state index contributed by atoms with van der Waals surface area (Å²) in [6.45, 7) is 0. The Kier molecular flexibility index (Phi) is 141. The van der Waals surface area contributed by atoms with E-state index in [1.54, 1.807) is 9.12 Å². The van der Waals surface area contributed by atoms with Gasteiger partial charge in [0.1, 0.15) is 9.12 Å². The Morgan fingerprint density at radius 3 is 1.25 bits per heavy atom. The van der Waals surface area contributed by atoms with E-state index in [4.69, 9.17) is 4.57 Å². The van der Waals surface area contributed by atoms with Crippen LogP contribution >= 0.6 is 9.12 Å². The molecule has 0 bridgehead atoms. The summed E-state index contributed by atoms with van der Waals surface area (Å²) in [5, 5.41) is 0. The Bertz CT molecular complexity index is 8.00. The van der Waals surface area contributed by atoms with Crippen LogP contribution in [0.3, 0.4) is 0 Å². The van der Waals surface area contributed by atoms with Crippen LogP contribution in [0.1, 0.15) is 0 Å². The molecule has 0 spiro atoms. The summed E-state index contributed by atoms with van der Waals surface area (Å²) < 4.78 is 8.06. The molecule has 1 radical (unpaired) electrons. The van der Waals surface area contributed by atoms with E-state index in [-0.39, 0.29) is 40.1 Å². The van der Waals surface area contributed by atoms with Crippen LogP contribution in [0.15, 0.2) is 0 Å². The summed E-state index contributed by atoms with van der Waals surface area (Å²) in [6, 6.07) is 0. The molecule has 0 fully saturated rings. The molecule has 0 aromatic rings. The summed E-state index contributed by atoms with van der Waals surface area (Å²) >= 11 is 0. The molecule has 3 heteroatoms. The average molecular weight is 152 g/mol. The molecule has 0 N–H and O–H groups in total. The molecule has 0 unspecified atom stereocenters. The third kappa shape index (κ3) is 10.7. The zero-order chi connectivity index (χ0) is 2.00. The second-order valence-electron chi connectivity index (χ2n) is 0. The van der Waals surface area contributed by atoms with E-state index < -0.39 is 0 Å². The van der Waals surface area contributed by atoms with Crippen molar-refractivity contribution in [3.63, 3.8) is 0 Å². The third-order valence-electron chi connectivity index (χ3n) is 0. The van der Waals surface area contributed by atoms with Crippen LogP contribution in [0.25, 0.3) is 0 Å². The van der Waals surface area contributed by atoms with Crippen molar-refractivity contribution in [2.75, 3.05) is 0 Å². The smallest absolute Gasteiger partial charge is 0.138 e. The second kappa shape index (κ2) is 29.8. The first-order valence-corrected chi connectivity index (χ1v) is 0.612. The van der Waals surface area contributed by atoms with Crippen molar-refractivity contribution in [3.8, 4) is 0 Å². The van der Waals surface area contributed by atoms with Gasteiger partial charge in [-0.1, -0.05) is 0 Å². The molecule has 0 aliphatic heterocycles. The molecular formula is CH4OPY-. The van der Waals surface area contributed by atoms with Crippen molar-refractivity contribution >= 4 is 9.12 Å². The van der Waals surface area contributed by atoms with Gasteiger partial charge in [0.15, 0.2) is 0 Å². The third-order valence-corrected chi connectivity index (χ3v) is 0. The largest absolute Gasteiger partial charge is 0.358 e. The van der Waals surface area contributed by atoms with Gasteiger partial charge in [0, 0.05) is 32.7 Å². The number of hydrogen-bond acceptors (Lipinski definition) is 1. The second-order valence-corrected chi connectivity index (χ2v) is 0. The molecule has 0 atom stereocenters. The molecule has 0 aliphatic rings. The summed E-state index contributed by atoms with van der Waals surface area (Å²) in [7, 11) is 1.72. The molecule has 0 saturated heterocycles. The van der Waals surface area contributed by atoms with Gasteiger partial charge in [-0.15, -0.1) is 0 Å². The predicted octanol–water partition coefficient (Wildman–Crippen LogP) is 0.922. The molecule has 23 valence electrons. The van der Waals surface area contributed by atoms with Crippen LogP contribution in [0.2, 0.25) is 0 Å². The van der Waals surface area contributed by atoms with Gasteiger partial charge in [0.05, 0.1) is 0 Å². The minimum atomic E-state index is 0. The summed E-state index contributed by atoms with van der Waals surface area (Å²) in [5.41, 5.74) is 0. The molecule has 0 aromatic carbocycles. The fraction of sp³-hybridized carbons (Fsp3) is 0. The maximum absolute atomic E-state index is 8.06. The van der Waals surface area contributed by atoms with Crippen LogP contribution in [0.5, 0.6) is 0 Å². The SMILES string of the molecule is O=P.[CH3-].[Y]. The molecule has 0 heterocycles. The van der Waals surface area contributed by atoms with Gasteiger partial charge < -0.3 is 7.43 Å². The van der Waals surface area contributed by atoms with Crippen molar-refractivity contribution in [1.82, 2.24) is 0 Å². The Morgan fingerprint density at radius 2 is 1.25 bits per heavy atom. The van der Waals surface area contributed by atoms with Gasteiger partial charge in [-0.2, -0.15) is 0 Å². The van der Waals surface area contributed by atoms with E-state index in [9.17, 15) is 0 Å². The zero-order valence-electron chi connectivity index (χ0n) is 2.49. The van der Waals surface area contributed by atoms with Gasteiger partial charge in [0.2, 0.25) is 0 Å². The fourth-order valence-electron chi connectivity index (χ4n) is 0. The van der Waals surface area contributed by atoms with Gasteiger partial charge in [-0.05, 0) is 0 Å². The summed E-state index contributed by atoms with van der Waals surface area (Å²) in [5.74, 6) is 0. The standard InChI is InChI=1S/CH3.HOP.Y/c;1-2;/h1H3;2H;/q-1;;. The van der Waals surface area contributed by atoms with Crippen LogP contribution in [0, 0.1) is 7.43 Å². The molecule has 1 nitrogen and oxygen atoms in total. The van der Waals surface area contributed by atoms with Crippen molar-refractivity contribution in [1.29, 1.82) is 0 Å². The Morgan fingerprint density at radius 1 is 1.25 bits per heavy atom. The predicted molar refractivity (Wildman–Crippen MR) is 15.4 cm³/mol. The van der Waals surface area contributed by atoms with Gasteiger partial charge in [0.25, 0.3) is 0 Å². The fourth-order valence-corrected chi connectivity index (χ4v) is 0. The number of rotatable bonds is 0. The van der Waals surface area contributed by atoms with Crippen molar-refractivity contribution in [2.45, 2.75) is 0 Å². The Labute approximate surface area is 53.7 Å². The van der Waals surface area contributed by atoms with Crippen LogP contribution in [-0.4, -0.2) is 0 Å². The number of hydrogen-bond donors (Lipinski definition) is 0. The summed E-state index contributed by atoms with van der Waals surface area (Å²) in [4.78, 5) is 0. The maximum Gasteiger partial charge on any atom is 0.138 e.